The van der Waals surface area contributed by atoms with Crippen LogP contribution in [0.15, 0.2) is 72.8 Å². The number of aliphatic hydroxyl groups is 1. The third kappa shape index (κ3) is 17.6. The van der Waals surface area contributed by atoms with Crippen molar-refractivity contribution in [3.05, 3.63) is 83.9 Å². The molecule has 6 rings (SSSR count). The van der Waals surface area contributed by atoms with Crippen molar-refractivity contribution in [2.24, 2.45) is 17.6 Å². The van der Waals surface area contributed by atoms with Crippen LogP contribution in [0.5, 0.6) is 0 Å². The number of nitrogens with two attached hydrogens (primary N) is 1. The molecule has 0 spiro atoms. The highest BCUT2D eigenvalue weighted by Gasteiger charge is 2.47. The van der Waals surface area contributed by atoms with E-state index in [0.717, 1.165) is 45.1 Å². The number of ether oxygens (including phenoxy) is 2. The van der Waals surface area contributed by atoms with E-state index < -0.39 is 11.2 Å². The van der Waals surface area contributed by atoms with E-state index in [0.29, 0.717) is 24.0 Å². The van der Waals surface area contributed by atoms with Crippen LogP contribution in [0, 0.1) is 11.8 Å². The number of nitrogens with zero attached hydrogens (tertiary/aromatic N) is 1. The second kappa shape index (κ2) is 23.4. The van der Waals surface area contributed by atoms with Gasteiger partial charge < -0.3 is 35.8 Å². The summed E-state index contributed by atoms with van der Waals surface area (Å²) >= 11 is 0. The minimum absolute atomic E-state index is 0. The number of rotatable bonds is 9. The summed E-state index contributed by atoms with van der Waals surface area (Å²) in [5.74, 6) is 1.08. The molecule has 0 saturated heterocycles. The van der Waals surface area contributed by atoms with Crippen molar-refractivity contribution in [2.75, 3.05) is 7.11 Å². The Morgan fingerprint density at radius 3 is 1.68 bits per heavy atom. The van der Waals surface area contributed by atoms with Crippen molar-refractivity contribution in [2.45, 2.75) is 153 Å². The summed E-state index contributed by atoms with van der Waals surface area (Å²) in [4.78, 5) is 27.3. The lowest BCUT2D eigenvalue weighted by molar-refractivity contribution is 0.00713. The largest absolute Gasteiger partial charge is 0.444 e. The maximum absolute atomic E-state index is 13.2. The quantitative estimate of drug-likeness (QED) is 0.199. The predicted octanol–water partition coefficient (Wildman–Crippen LogP) is 9.56. The average molecular weight is 818 g/mol. The Morgan fingerprint density at radius 1 is 0.696 bits per heavy atom. The second-order valence-electron chi connectivity index (χ2n) is 17.3. The van der Waals surface area contributed by atoms with E-state index in [1.165, 1.54) is 43.2 Å². The van der Waals surface area contributed by atoms with Crippen molar-refractivity contribution < 1.29 is 24.2 Å². The molecule has 5 N–H and O–H groups in total. The number of hydrogen-bond acceptors (Lipinski definition) is 7. The van der Waals surface area contributed by atoms with Crippen LogP contribution < -0.4 is 16.4 Å². The summed E-state index contributed by atoms with van der Waals surface area (Å²) in [7, 11) is 1.00. The van der Waals surface area contributed by atoms with Crippen LogP contribution in [0.25, 0.3) is 12.2 Å². The molecular formula is C45H70Cl2N4O5. The number of carbonyl (C=O) groups is 2. The number of hydrogen-bond donors (Lipinski definition) is 4. The summed E-state index contributed by atoms with van der Waals surface area (Å²) in [6.45, 7) is 11.3. The Balaban J connectivity index is 0.000000400. The van der Waals surface area contributed by atoms with Crippen LogP contribution in [0.1, 0.15) is 117 Å². The molecule has 2 aromatic carbocycles. The van der Waals surface area contributed by atoms with Crippen molar-refractivity contribution in [3.8, 4) is 0 Å². The van der Waals surface area contributed by atoms with Crippen LogP contribution in [-0.4, -0.2) is 76.8 Å². The molecule has 0 bridgehead atoms. The number of nitrogens with one attached hydrogen (secondary N) is 2. The number of benzene rings is 2. The number of amides is 2. The van der Waals surface area contributed by atoms with E-state index in [1.807, 2.05) is 64.6 Å². The normalized spacial score (nSPS) is 26.8. The van der Waals surface area contributed by atoms with Crippen molar-refractivity contribution in [1.29, 1.82) is 0 Å². The van der Waals surface area contributed by atoms with Gasteiger partial charge in [0.2, 0.25) is 0 Å². The first-order valence-corrected chi connectivity index (χ1v) is 20.2. The number of halogens is 2. The van der Waals surface area contributed by atoms with E-state index in [9.17, 15) is 9.59 Å². The summed E-state index contributed by atoms with van der Waals surface area (Å²) in [6.07, 6.45) is 18.8. The van der Waals surface area contributed by atoms with E-state index in [1.54, 1.807) is 0 Å². The molecule has 4 aliphatic rings. The van der Waals surface area contributed by atoms with Gasteiger partial charge in [0.05, 0.1) is 0 Å². The minimum atomic E-state index is -0.533. The Hall–Kier alpha value is -3.08. The monoisotopic (exact) mass is 816 g/mol. The maximum atomic E-state index is 13.2. The first-order chi connectivity index (χ1) is 25.7. The van der Waals surface area contributed by atoms with Gasteiger partial charge in [-0.3, -0.25) is 0 Å². The number of carbonyl (C=O) groups excluding carboxylic acids is 2. The lowest BCUT2D eigenvalue weighted by Crippen LogP contribution is -2.49. The van der Waals surface area contributed by atoms with Gasteiger partial charge in [-0.15, -0.1) is 24.8 Å². The third-order valence-corrected chi connectivity index (χ3v) is 10.3. The lowest BCUT2D eigenvalue weighted by Gasteiger charge is -2.38. The Bertz CT molecular complexity index is 1480. The van der Waals surface area contributed by atoms with E-state index in [-0.39, 0.29) is 55.1 Å². The zero-order valence-corrected chi connectivity index (χ0v) is 36.3. The molecule has 314 valence electrons. The van der Waals surface area contributed by atoms with Gasteiger partial charge in [0.25, 0.3) is 0 Å². The molecule has 0 aliphatic heterocycles. The smallest absolute Gasteiger partial charge is 0.410 e. The Kier molecular flexibility index (Phi) is 20.5. The lowest BCUT2D eigenvalue weighted by atomic mass is 9.90. The zero-order chi connectivity index (χ0) is 39.3. The van der Waals surface area contributed by atoms with Gasteiger partial charge in [-0.05, 0) is 129 Å². The predicted molar refractivity (Wildman–Crippen MR) is 234 cm³/mol. The van der Waals surface area contributed by atoms with Crippen LogP contribution in [0.3, 0.4) is 0 Å². The molecule has 0 radical (unpaired) electrons. The van der Waals surface area contributed by atoms with Crippen LogP contribution in [0.4, 0.5) is 9.59 Å². The first-order valence-electron chi connectivity index (χ1n) is 20.2. The van der Waals surface area contributed by atoms with Crippen LogP contribution in [-0.2, 0) is 9.47 Å². The average Bonchev–Trinajstić information content (AvgIpc) is 4.06. The molecule has 2 aromatic rings. The van der Waals surface area contributed by atoms with Gasteiger partial charge in [0.15, 0.2) is 0 Å². The minimum Gasteiger partial charge on any atom is -0.444 e. The first kappa shape index (κ1) is 49.1. The third-order valence-electron chi connectivity index (χ3n) is 10.3. The Morgan fingerprint density at radius 2 is 1.18 bits per heavy atom. The number of alkyl carbamates (subject to hydrolysis) is 1. The highest BCUT2D eigenvalue weighted by Crippen LogP contribution is 2.42. The molecule has 4 saturated carbocycles. The topological polar surface area (TPSA) is 126 Å². The summed E-state index contributed by atoms with van der Waals surface area (Å²) < 4.78 is 11.2. The highest BCUT2D eigenvalue weighted by atomic mass is 35.5. The van der Waals surface area contributed by atoms with Crippen molar-refractivity contribution in [1.82, 2.24) is 15.5 Å². The number of aliphatic hydroxyl groups excluding tert-OH is 1. The van der Waals surface area contributed by atoms with Gasteiger partial charge in [-0.25, -0.2) is 9.59 Å². The van der Waals surface area contributed by atoms with Gasteiger partial charge in [0.1, 0.15) is 11.2 Å². The van der Waals surface area contributed by atoms with Crippen LogP contribution in [0.2, 0.25) is 0 Å². The fourth-order valence-corrected chi connectivity index (χ4v) is 7.37. The molecular weight excluding hydrogens is 747 g/mol. The molecule has 4 aliphatic carbocycles. The van der Waals surface area contributed by atoms with E-state index >= 15 is 0 Å². The van der Waals surface area contributed by atoms with E-state index in [2.05, 4.69) is 77.4 Å². The maximum Gasteiger partial charge on any atom is 0.410 e. The summed E-state index contributed by atoms with van der Waals surface area (Å²) in [6, 6.07) is 23.0. The molecule has 11 heteroatoms. The van der Waals surface area contributed by atoms with E-state index in [4.69, 9.17) is 20.3 Å². The standard InChI is InChI=1S/C27H40N2O4.C17H24N2.CH4O.2ClH/c1-26(2,3)32-24(30)28-21-14-16-22(17-15-21)29(25(31)33-27(4,5)6)23-18-20(23)13-12-19-10-8-7-9-11-19;18-15-8-10-16(11-9-15)19-17-12-14(17)7-6-13-4-2-1-3-5-13;1-2;;/h7-13,20-23H,14-18H2,1-6H3,(H,28,30);1-7,14-17,19H,8-12,18H2;2H,1H3;2*1H/b13-12+;7-6+;;;. The molecule has 0 aromatic heterocycles. The fourth-order valence-electron chi connectivity index (χ4n) is 7.37. The van der Waals surface area contributed by atoms with Gasteiger partial charge in [0, 0.05) is 43.4 Å². The molecule has 4 fully saturated rings. The zero-order valence-electron chi connectivity index (χ0n) is 34.7. The highest BCUT2D eigenvalue weighted by molar-refractivity contribution is 5.85. The molecule has 4 atom stereocenters. The fraction of sp³-hybridized carbons (Fsp3) is 0.600. The summed E-state index contributed by atoms with van der Waals surface area (Å²) in [5.41, 5.74) is 7.37. The SMILES string of the molecule is CC(C)(C)OC(=O)NC1CCC(N(C(=O)OC(C)(C)C)C2CC2/C=C/c2ccccc2)CC1.CO.Cl.Cl.NC1CCC(NC2CC2/C=C/c2ccccc2)CC1. The second-order valence-corrected chi connectivity index (χ2v) is 17.3. The molecule has 56 heavy (non-hydrogen) atoms. The van der Waals surface area contributed by atoms with Crippen LogP contribution >= 0.6 is 24.8 Å². The molecule has 0 heterocycles. The molecule has 9 nitrogen and oxygen atoms in total. The van der Waals surface area contributed by atoms with Gasteiger partial charge in [-0.2, -0.15) is 0 Å². The summed E-state index contributed by atoms with van der Waals surface area (Å²) in [5, 5.41) is 13.8. The molecule has 4 unspecified atom stereocenters. The van der Waals surface area contributed by atoms with Gasteiger partial charge in [-0.1, -0.05) is 85.0 Å². The Labute approximate surface area is 349 Å². The van der Waals surface area contributed by atoms with Gasteiger partial charge >= 0.3 is 12.2 Å². The van der Waals surface area contributed by atoms with Crippen molar-refractivity contribution in [3.63, 3.8) is 0 Å². The molecule has 2 amide bonds. The van der Waals surface area contributed by atoms with Crippen molar-refractivity contribution >= 4 is 49.2 Å².